The molecule has 0 unspecified atom stereocenters. The van der Waals surface area contributed by atoms with Gasteiger partial charge < -0.3 is 4.74 Å². The molecule has 0 aliphatic heterocycles. The second-order valence-corrected chi connectivity index (χ2v) is 7.95. The Labute approximate surface area is 157 Å². The SMILES string of the molecule is O=S(=O)(NCc1ccnc(-c2ccsc2)c1)c1ccc(OC(F)(F)F)cc1. The summed E-state index contributed by atoms with van der Waals surface area (Å²) in [6.45, 7) is 0.0167. The first-order valence-electron chi connectivity index (χ1n) is 7.56. The number of sulfonamides is 1. The smallest absolute Gasteiger partial charge is 0.406 e. The van der Waals surface area contributed by atoms with Gasteiger partial charge in [-0.2, -0.15) is 11.3 Å². The number of alkyl halides is 3. The minimum absolute atomic E-state index is 0.0167. The van der Waals surface area contributed by atoms with Crippen molar-refractivity contribution in [1.29, 1.82) is 0 Å². The summed E-state index contributed by atoms with van der Waals surface area (Å²) in [5.41, 5.74) is 2.36. The maximum atomic E-state index is 12.3. The monoisotopic (exact) mass is 414 g/mol. The number of halogens is 3. The summed E-state index contributed by atoms with van der Waals surface area (Å²) in [6.07, 6.45) is -3.25. The van der Waals surface area contributed by atoms with Crippen LogP contribution < -0.4 is 9.46 Å². The first-order chi connectivity index (χ1) is 12.7. The Bertz CT molecular complexity index is 1000. The third kappa shape index (κ3) is 5.28. The number of thiophene rings is 1. The fraction of sp³-hybridized carbons (Fsp3) is 0.118. The molecular weight excluding hydrogens is 401 g/mol. The molecule has 1 aromatic carbocycles. The number of nitrogens with zero attached hydrogens (tertiary/aromatic N) is 1. The lowest BCUT2D eigenvalue weighted by molar-refractivity contribution is -0.274. The fourth-order valence-electron chi connectivity index (χ4n) is 2.23. The van der Waals surface area contributed by atoms with Crippen molar-refractivity contribution in [3.05, 3.63) is 65.0 Å². The van der Waals surface area contributed by atoms with E-state index in [4.69, 9.17) is 0 Å². The van der Waals surface area contributed by atoms with E-state index in [-0.39, 0.29) is 11.4 Å². The summed E-state index contributed by atoms with van der Waals surface area (Å²) >= 11 is 1.53. The molecule has 0 radical (unpaired) electrons. The van der Waals surface area contributed by atoms with E-state index in [1.807, 2.05) is 16.8 Å². The van der Waals surface area contributed by atoms with Crippen LogP contribution in [-0.4, -0.2) is 19.8 Å². The highest BCUT2D eigenvalue weighted by molar-refractivity contribution is 7.89. The zero-order valence-electron chi connectivity index (χ0n) is 13.6. The second-order valence-electron chi connectivity index (χ2n) is 5.41. The van der Waals surface area contributed by atoms with Crippen molar-refractivity contribution in [3.8, 4) is 17.0 Å². The van der Waals surface area contributed by atoms with Crippen molar-refractivity contribution in [1.82, 2.24) is 9.71 Å². The number of aromatic nitrogens is 1. The molecule has 0 saturated heterocycles. The Hall–Kier alpha value is -2.43. The number of pyridine rings is 1. The Kier molecular flexibility index (Phi) is 5.49. The van der Waals surface area contributed by atoms with Gasteiger partial charge >= 0.3 is 6.36 Å². The van der Waals surface area contributed by atoms with E-state index in [0.717, 1.165) is 35.5 Å². The lowest BCUT2D eigenvalue weighted by atomic mass is 10.1. The molecule has 0 fully saturated rings. The van der Waals surface area contributed by atoms with Crippen LogP contribution in [-0.2, 0) is 16.6 Å². The normalized spacial score (nSPS) is 12.1. The van der Waals surface area contributed by atoms with E-state index in [9.17, 15) is 21.6 Å². The van der Waals surface area contributed by atoms with Crippen LogP contribution >= 0.6 is 11.3 Å². The van der Waals surface area contributed by atoms with Gasteiger partial charge in [-0.1, -0.05) is 0 Å². The van der Waals surface area contributed by atoms with Crippen LogP contribution in [0.4, 0.5) is 13.2 Å². The first-order valence-corrected chi connectivity index (χ1v) is 9.98. The molecule has 10 heteroatoms. The number of hydrogen-bond acceptors (Lipinski definition) is 5. The summed E-state index contributed by atoms with van der Waals surface area (Å²) in [7, 11) is -3.89. The molecule has 2 heterocycles. The molecule has 1 N–H and O–H groups in total. The van der Waals surface area contributed by atoms with Gasteiger partial charge in [-0.25, -0.2) is 13.1 Å². The maximum Gasteiger partial charge on any atom is 0.573 e. The van der Waals surface area contributed by atoms with Gasteiger partial charge in [0.15, 0.2) is 0 Å². The molecular formula is C17H13F3N2O3S2. The summed E-state index contributed by atoms with van der Waals surface area (Å²) in [5.74, 6) is -0.490. The van der Waals surface area contributed by atoms with Gasteiger partial charge in [0, 0.05) is 23.7 Å². The molecule has 27 heavy (non-hydrogen) atoms. The van der Waals surface area contributed by atoms with Crippen molar-refractivity contribution < 1.29 is 26.3 Å². The first kappa shape index (κ1) is 19.3. The molecule has 3 rings (SSSR count). The van der Waals surface area contributed by atoms with Crippen LogP contribution in [0.5, 0.6) is 5.75 Å². The number of ether oxygens (including phenoxy) is 1. The summed E-state index contributed by atoms with van der Waals surface area (Å²) in [5, 5.41) is 3.85. The highest BCUT2D eigenvalue weighted by Crippen LogP contribution is 2.24. The van der Waals surface area contributed by atoms with Crippen LogP contribution in [0.15, 0.2) is 64.3 Å². The van der Waals surface area contributed by atoms with Crippen molar-refractivity contribution in [3.63, 3.8) is 0 Å². The van der Waals surface area contributed by atoms with Crippen LogP contribution in [0, 0.1) is 0 Å². The Morgan fingerprint density at radius 2 is 1.85 bits per heavy atom. The minimum Gasteiger partial charge on any atom is -0.406 e. The van der Waals surface area contributed by atoms with Gasteiger partial charge in [0.1, 0.15) is 5.75 Å². The summed E-state index contributed by atoms with van der Waals surface area (Å²) < 4.78 is 67.3. The molecule has 2 aromatic heterocycles. The van der Waals surface area contributed by atoms with Gasteiger partial charge in [0.2, 0.25) is 10.0 Å². The molecule has 0 bridgehead atoms. The van der Waals surface area contributed by atoms with Crippen LogP contribution in [0.2, 0.25) is 0 Å². The standard InChI is InChI=1S/C17H13F3N2O3S2/c18-17(19,20)25-14-1-3-15(4-2-14)27(23,24)22-10-12-5-7-21-16(9-12)13-6-8-26-11-13/h1-9,11,22H,10H2. The quantitative estimate of drug-likeness (QED) is 0.657. The highest BCUT2D eigenvalue weighted by Gasteiger charge is 2.31. The molecule has 0 saturated carbocycles. The Morgan fingerprint density at radius 3 is 2.48 bits per heavy atom. The van der Waals surface area contributed by atoms with E-state index < -0.39 is 22.1 Å². The average molecular weight is 414 g/mol. The number of nitrogens with one attached hydrogen (secondary N) is 1. The third-order valence-electron chi connectivity index (χ3n) is 3.48. The Balaban J connectivity index is 1.69. The zero-order chi connectivity index (χ0) is 19.5. The van der Waals surface area contributed by atoms with E-state index in [2.05, 4.69) is 14.4 Å². The van der Waals surface area contributed by atoms with Crippen LogP contribution in [0.1, 0.15) is 5.56 Å². The zero-order valence-corrected chi connectivity index (χ0v) is 15.2. The van der Waals surface area contributed by atoms with Gasteiger partial charge in [0.25, 0.3) is 0 Å². The van der Waals surface area contributed by atoms with E-state index in [1.165, 1.54) is 11.3 Å². The largest absolute Gasteiger partial charge is 0.573 e. The summed E-state index contributed by atoms with van der Waals surface area (Å²) in [4.78, 5) is 4.08. The number of hydrogen-bond donors (Lipinski definition) is 1. The van der Waals surface area contributed by atoms with E-state index in [1.54, 1.807) is 18.3 Å². The second kappa shape index (κ2) is 7.67. The molecule has 142 valence electrons. The maximum absolute atomic E-state index is 12.3. The van der Waals surface area contributed by atoms with E-state index >= 15 is 0 Å². The topological polar surface area (TPSA) is 68.3 Å². The third-order valence-corrected chi connectivity index (χ3v) is 5.58. The van der Waals surface area contributed by atoms with Gasteiger partial charge in [-0.15, -0.1) is 13.2 Å². The predicted molar refractivity (Wildman–Crippen MR) is 94.7 cm³/mol. The highest BCUT2D eigenvalue weighted by atomic mass is 32.2. The van der Waals surface area contributed by atoms with Crippen LogP contribution in [0.25, 0.3) is 11.3 Å². The van der Waals surface area contributed by atoms with Crippen LogP contribution in [0.3, 0.4) is 0 Å². The van der Waals surface area contributed by atoms with Gasteiger partial charge in [0.05, 0.1) is 10.6 Å². The lowest BCUT2D eigenvalue weighted by Gasteiger charge is -2.10. The molecule has 0 aliphatic rings. The molecule has 5 nitrogen and oxygen atoms in total. The molecule has 3 aromatic rings. The average Bonchev–Trinajstić information content (AvgIpc) is 3.14. The van der Waals surface area contributed by atoms with Crippen molar-refractivity contribution in [2.24, 2.45) is 0 Å². The molecule has 0 aliphatic carbocycles. The van der Waals surface area contributed by atoms with Gasteiger partial charge in [-0.3, -0.25) is 4.98 Å². The summed E-state index contributed by atoms with van der Waals surface area (Å²) in [6, 6.07) is 9.35. The van der Waals surface area contributed by atoms with E-state index in [0.29, 0.717) is 5.56 Å². The molecule has 0 atom stereocenters. The van der Waals surface area contributed by atoms with Crippen molar-refractivity contribution >= 4 is 21.4 Å². The molecule has 0 spiro atoms. The van der Waals surface area contributed by atoms with Crippen molar-refractivity contribution in [2.75, 3.05) is 0 Å². The predicted octanol–water partition coefficient (Wildman–Crippen LogP) is 4.19. The number of rotatable bonds is 6. The van der Waals surface area contributed by atoms with Crippen molar-refractivity contribution in [2.45, 2.75) is 17.8 Å². The molecule has 0 amide bonds. The minimum atomic E-state index is -4.83. The number of benzene rings is 1. The van der Waals surface area contributed by atoms with Gasteiger partial charge in [-0.05, 0) is 53.4 Å². The fourth-order valence-corrected chi connectivity index (χ4v) is 3.90. The lowest BCUT2D eigenvalue weighted by Crippen LogP contribution is -2.23. The Morgan fingerprint density at radius 1 is 1.11 bits per heavy atom.